The zero-order chi connectivity index (χ0) is 22.0. The maximum Gasteiger partial charge on any atom is 0.274 e. The monoisotopic (exact) mass is 442 g/mol. The topological polar surface area (TPSA) is 68.4 Å². The van der Waals surface area contributed by atoms with E-state index in [1.165, 1.54) is 5.56 Å². The van der Waals surface area contributed by atoms with Crippen molar-refractivity contribution in [1.82, 2.24) is 29.4 Å². The van der Waals surface area contributed by atoms with E-state index in [2.05, 4.69) is 21.3 Å². The van der Waals surface area contributed by atoms with Gasteiger partial charge in [-0.1, -0.05) is 11.6 Å². The van der Waals surface area contributed by atoms with Crippen LogP contribution in [0.25, 0.3) is 0 Å². The molecule has 8 nitrogen and oxygen atoms in total. The third-order valence-electron chi connectivity index (χ3n) is 5.52. The quantitative estimate of drug-likeness (QED) is 0.587. The summed E-state index contributed by atoms with van der Waals surface area (Å²) in [5.41, 5.74) is 3.68. The summed E-state index contributed by atoms with van der Waals surface area (Å²) < 4.78 is 9.28. The minimum atomic E-state index is -0.0429. The summed E-state index contributed by atoms with van der Waals surface area (Å²) in [4.78, 5) is 17.1. The van der Waals surface area contributed by atoms with Crippen LogP contribution in [0.5, 0.6) is 5.75 Å². The van der Waals surface area contributed by atoms with Gasteiger partial charge in [0.05, 0.1) is 5.69 Å². The molecule has 0 aliphatic carbocycles. The highest BCUT2D eigenvalue weighted by molar-refractivity contribution is 6.30. The first kappa shape index (κ1) is 21.4. The van der Waals surface area contributed by atoms with E-state index in [0.717, 1.165) is 36.6 Å². The molecule has 1 aliphatic heterocycles. The number of piperazine rings is 1. The zero-order valence-corrected chi connectivity index (χ0v) is 18.8. The Morgan fingerprint density at radius 2 is 1.90 bits per heavy atom. The van der Waals surface area contributed by atoms with Crippen LogP contribution in [0.15, 0.2) is 36.7 Å². The molecule has 0 unspecified atom stereocenters. The van der Waals surface area contributed by atoms with E-state index in [4.69, 9.17) is 16.3 Å². The zero-order valence-electron chi connectivity index (χ0n) is 18.1. The number of hydrogen-bond acceptors (Lipinski definition) is 5. The summed E-state index contributed by atoms with van der Waals surface area (Å²) in [6.45, 7) is 8.10. The fourth-order valence-corrected chi connectivity index (χ4v) is 4.00. The van der Waals surface area contributed by atoms with Gasteiger partial charge >= 0.3 is 0 Å². The van der Waals surface area contributed by atoms with Crippen LogP contribution in [0.1, 0.15) is 27.3 Å². The van der Waals surface area contributed by atoms with Gasteiger partial charge in [0.1, 0.15) is 5.75 Å². The molecule has 0 atom stereocenters. The molecule has 9 heteroatoms. The second-order valence-corrected chi connectivity index (χ2v) is 8.34. The summed E-state index contributed by atoms with van der Waals surface area (Å²) in [6.07, 6.45) is 3.83. The average molecular weight is 443 g/mol. The van der Waals surface area contributed by atoms with Crippen LogP contribution in [0.2, 0.25) is 5.02 Å². The van der Waals surface area contributed by atoms with Gasteiger partial charge in [0.2, 0.25) is 0 Å². The summed E-state index contributed by atoms with van der Waals surface area (Å²) in [5, 5.41) is 9.48. The normalized spacial score (nSPS) is 14.8. The number of ether oxygens (including phenoxy) is 1. The Morgan fingerprint density at radius 1 is 1.13 bits per heavy atom. The number of hydrogen-bond donors (Lipinski definition) is 0. The summed E-state index contributed by atoms with van der Waals surface area (Å²) in [5.74, 6) is 0.700. The van der Waals surface area contributed by atoms with E-state index in [1.807, 2.05) is 42.6 Å². The van der Waals surface area contributed by atoms with Crippen molar-refractivity contribution >= 4 is 17.5 Å². The first-order valence-corrected chi connectivity index (χ1v) is 10.7. The lowest BCUT2D eigenvalue weighted by molar-refractivity contribution is 0.0620. The van der Waals surface area contributed by atoms with Crippen molar-refractivity contribution in [1.29, 1.82) is 0 Å². The molecule has 164 valence electrons. The Kier molecular flexibility index (Phi) is 6.29. The second-order valence-electron chi connectivity index (χ2n) is 7.91. The van der Waals surface area contributed by atoms with Gasteiger partial charge in [0.25, 0.3) is 5.91 Å². The molecule has 2 aromatic heterocycles. The molecule has 0 radical (unpaired) electrons. The first-order chi connectivity index (χ1) is 14.9. The minimum absolute atomic E-state index is 0.0429. The van der Waals surface area contributed by atoms with E-state index in [0.29, 0.717) is 23.8 Å². The lowest BCUT2D eigenvalue weighted by Gasteiger charge is -2.34. The maximum absolute atomic E-state index is 12.9. The number of carbonyl (C=O) groups excluding carboxylic acids is 1. The van der Waals surface area contributed by atoms with Crippen molar-refractivity contribution < 1.29 is 9.53 Å². The average Bonchev–Trinajstić information content (AvgIpc) is 3.33. The van der Waals surface area contributed by atoms with Crippen LogP contribution in [0, 0.1) is 13.8 Å². The number of benzene rings is 1. The van der Waals surface area contributed by atoms with Gasteiger partial charge in [-0.05, 0) is 43.7 Å². The molecule has 3 heterocycles. The number of nitrogens with zero attached hydrogens (tertiary/aromatic N) is 6. The molecule has 0 saturated carbocycles. The van der Waals surface area contributed by atoms with Crippen LogP contribution in [-0.4, -0.2) is 61.4 Å². The largest absolute Gasteiger partial charge is 0.471 e. The lowest BCUT2D eigenvalue weighted by Crippen LogP contribution is -2.48. The predicted molar refractivity (Wildman–Crippen MR) is 118 cm³/mol. The first-order valence-electron chi connectivity index (χ1n) is 10.3. The molecule has 1 aromatic carbocycles. The van der Waals surface area contributed by atoms with Gasteiger partial charge in [-0.2, -0.15) is 10.2 Å². The number of aryl methyl sites for hydroxylation is 3. The van der Waals surface area contributed by atoms with Crippen molar-refractivity contribution in [3.63, 3.8) is 0 Å². The molecular weight excluding hydrogens is 416 g/mol. The van der Waals surface area contributed by atoms with E-state index in [1.54, 1.807) is 23.0 Å². The smallest absolute Gasteiger partial charge is 0.274 e. The molecular formula is C22H27ClN6O2. The molecule has 1 saturated heterocycles. The number of carbonyl (C=O) groups is 1. The Labute approximate surface area is 187 Å². The van der Waals surface area contributed by atoms with E-state index < -0.39 is 0 Å². The van der Waals surface area contributed by atoms with Gasteiger partial charge in [-0.15, -0.1) is 0 Å². The van der Waals surface area contributed by atoms with Gasteiger partial charge in [0.15, 0.2) is 12.4 Å². The summed E-state index contributed by atoms with van der Waals surface area (Å²) in [6, 6.07) is 7.22. The van der Waals surface area contributed by atoms with E-state index in [-0.39, 0.29) is 12.6 Å². The van der Waals surface area contributed by atoms with Crippen molar-refractivity contribution in [3.05, 3.63) is 64.2 Å². The Hall–Kier alpha value is -2.84. The highest BCUT2D eigenvalue weighted by atomic mass is 35.5. The number of halogens is 1. The second kappa shape index (κ2) is 9.11. The standard InChI is InChI=1S/C22H27ClN6O2/c1-16-12-19(23)4-5-21(16)31-15-29-7-6-20(25-29)22(30)28-10-8-27(9-11-28)14-18-13-26(3)24-17(18)2/h4-7,12-13H,8-11,14-15H2,1-3H3. The van der Waals surface area contributed by atoms with Gasteiger partial charge in [0, 0.05) is 62.8 Å². The Balaban J connectivity index is 1.29. The summed E-state index contributed by atoms with van der Waals surface area (Å²) >= 11 is 5.98. The number of aromatic nitrogens is 4. The van der Waals surface area contributed by atoms with Crippen molar-refractivity contribution in [2.75, 3.05) is 26.2 Å². The van der Waals surface area contributed by atoms with Crippen molar-refractivity contribution in [2.45, 2.75) is 27.1 Å². The molecule has 0 bridgehead atoms. The Bertz CT molecular complexity index is 1070. The molecule has 31 heavy (non-hydrogen) atoms. The van der Waals surface area contributed by atoms with Gasteiger partial charge < -0.3 is 9.64 Å². The Morgan fingerprint density at radius 3 is 2.58 bits per heavy atom. The molecule has 1 aliphatic rings. The lowest BCUT2D eigenvalue weighted by atomic mass is 10.2. The molecule has 0 spiro atoms. The molecule has 4 rings (SSSR count). The predicted octanol–water partition coefficient (Wildman–Crippen LogP) is 2.88. The molecule has 0 N–H and O–H groups in total. The number of amides is 1. The van der Waals surface area contributed by atoms with E-state index >= 15 is 0 Å². The van der Waals surface area contributed by atoms with Crippen LogP contribution in [0.4, 0.5) is 0 Å². The molecule has 3 aromatic rings. The molecule has 1 fully saturated rings. The highest BCUT2D eigenvalue weighted by Gasteiger charge is 2.24. The third-order valence-corrected chi connectivity index (χ3v) is 5.75. The third kappa shape index (κ3) is 5.08. The minimum Gasteiger partial charge on any atom is -0.471 e. The van der Waals surface area contributed by atoms with Crippen LogP contribution in [0.3, 0.4) is 0 Å². The van der Waals surface area contributed by atoms with Crippen LogP contribution < -0.4 is 4.74 Å². The van der Waals surface area contributed by atoms with E-state index in [9.17, 15) is 4.79 Å². The van der Waals surface area contributed by atoms with Crippen molar-refractivity contribution in [2.24, 2.45) is 7.05 Å². The van der Waals surface area contributed by atoms with Gasteiger partial charge in [-0.25, -0.2) is 4.68 Å². The van der Waals surface area contributed by atoms with Gasteiger partial charge in [-0.3, -0.25) is 14.4 Å². The number of rotatable bonds is 6. The van der Waals surface area contributed by atoms with Crippen LogP contribution in [-0.2, 0) is 20.3 Å². The maximum atomic E-state index is 12.9. The fraction of sp³-hybridized carbons (Fsp3) is 0.409. The van der Waals surface area contributed by atoms with Crippen molar-refractivity contribution in [3.8, 4) is 5.75 Å². The highest BCUT2D eigenvalue weighted by Crippen LogP contribution is 2.22. The van der Waals surface area contributed by atoms with Crippen LogP contribution >= 0.6 is 11.6 Å². The SMILES string of the molecule is Cc1cc(Cl)ccc1OCn1ccc(C(=O)N2CCN(Cc3cn(C)nc3C)CC2)n1. The summed E-state index contributed by atoms with van der Waals surface area (Å²) in [7, 11) is 1.94. The molecule has 1 amide bonds. The fourth-order valence-electron chi connectivity index (χ4n) is 3.77.